The van der Waals surface area contributed by atoms with Crippen LogP contribution in [0.25, 0.3) is 0 Å². The van der Waals surface area contributed by atoms with Gasteiger partial charge in [0.25, 0.3) is 0 Å². The molecule has 0 fully saturated rings. The molecule has 0 bridgehead atoms. The number of hydrogen-bond donors (Lipinski definition) is 3. The summed E-state index contributed by atoms with van der Waals surface area (Å²) in [4.78, 5) is 26.0. The van der Waals surface area contributed by atoms with Gasteiger partial charge in [-0.25, -0.2) is 0 Å². The first-order valence-electron chi connectivity index (χ1n) is 24.9. The van der Waals surface area contributed by atoms with E-state index in [-0.39, 0.29) is 24.9 Å². The average Bonchev–Trinajstić information content (AvgIpc) is 3.19. The van der Waals surface area contributed by atoms with Crippen LogP contribution < -0.4 is 5.32 Å². The molecule has 0 saturated carbocycles. The Morgan fingerprint density at radius 2 is 0.875 bits per heavy atom. The maximum Gasteiger partial charge on any atom is 0.306 e. The Labute approximate surface area is 349 Å². The van der Waals surface area contributed by atoms with Crippen LogP contribution in [0.1, 0.15) is 271 Å². The number of aliphatic hydroxyl groups excluding tert-OH is 2. The maximum atomic E-state index is 13.1. The average molecular weight is 792 g/mol. The van der Waals surface area contributed by atoms with E-state index >= 15 is 0 Å². The molecule has 0 saturated heterocycles. The zero-order valence-electron chi connectivity index (χ0n) is 37.8. The largest absolute Gasteiger partial charge is 0.462 e. The molecule has 0 rings (SSSR count). The van der Waals surface area contributed by atoms with E-state index in [1.807, 2.05) is 0 Å². The van der Waals surface area contributed by atoms with Gasteiger partial charge >= 0.3 is 5.97 Å². The molecule has 0 radical (unpaired) electrons. The van der Waals surface area contributed by atoms with Crippen molar-refractivity contribution in [3.8, 4) is 0 Å². The lowest BCUT2D eigenvalue weighted by Gasteiger charge is -2.24. The molecule has 3 unspecified atom stereocenters. The molecule has 3 atom stereocenters. The number of ether oxygens (including phenoxy) is 1. The van der Waals surface area contributed by atoms with Gasteiger partial charge in [-0.1, -0.05) is 226 Å². The van der Waals surface area contributed by atoms with Crippen LogP contribution in [0.3, 0.4) is 0 Å². The van der Waals surface area contributed by atoms with E-state index in [0.29, 0.717) is 19.3 Å². The van der Waals surface area contributed by atoms with Crippen molar-refractivity contribution < 1.29 is 24.5 Å². The van der Waals surface area contributed by atoms with Gasteiger partial charge in [-0.15, -0.1) is 0 Å². The van der Waals surface area contributed by atoms with Gasteiger partial charge in [0.15, 0.2) is 0 Å². The number of hydrogen-bond acceptors (Lipinski definition) is 5. The first-order chi connectivity index (χ1) is 27.5. The van der Waals surface area contributed by atoms with Crippen LogP contribution in [0.2, 0.25) is 0 Å². The van der Waals surface area contributed by atoms with E-state index < -0.39 is 18.2 Å². The van der Waals surface area contributed by atoms with Crippen LogP contribution in [0.15, 0.2) is 12.2 Å². The van der Waals surface area contributed by atoms with Gasteiger partial charge < -0.3 is 20.3 Å². The summed E-state index contributed by atoms with van der Waals surface area (Å²) in [5.74, 6) is -0.489. The predicted molar refractivity (Wildman–Crippen MR) is 241 cm³/mol. The highest BCUT2D eigenvalue weighted by molar-refractivity contribution is 5.77. The zero-order chi connectivity index (χ0) is 41.0. The van der Waals surface area contributed by atoms with Crippen LogP contribution in [0.4, 0.5) is 0 Å². The summed E-state index contributed by atoms with van der Waals surface area (Å²) < 4.78 is 5.90. The van der Waals surface area contributed by atoms with Gasteiger partial charge in [0.1, 0.15) is 6.10 Å². The highest BCUT2D eigenvalue weighted by Crippen LogP contribution is 2.18. The SMILES string of the molecule is CCCCCCCC/C=C\CCCC(CC(=O)NC(CO)C(O)CCCCCCCCCCCCCC)OC(=O)CCCCCCCCCCCCCCCC. The van der Waals surface area contributed by atoms with Crippen LogP contribution in [0.5, 0.6) is 0 Å². The normalized spacial score (nSPS) is 13.3. The molecule has 0 aliphatic heterocycles. The van der Waals surface area contributed by atoms with Crippen molar-refractivity contribution in [1.29, 1.82) is 0 Å². The van der Waals surface area contributed by atoms with Gasteiger partial charge in [0, 0.05) is 6.42 Å². The third-order valence-corrected chi connectivity index (χ3v) is 11.6. The Morgan fingerprint density at radius 3 is 1.30 bits per heavy atom. The van der Waals surface area contributed by atoms with E-state index in [2.05, 4.69) is 38.2 Å². The summed E-state index contributed by atoms with van der Waals surface area (Å²) in [6, 6.07) is -0.702. The van der Waals surface area contributed by atoms with Crippen LogP contribution in [0, 0.1) is 0 Å². The molecule has 6 heteroatoms. The highest BCUT2D eigenvalue weighted by Gasteiger charge is 2.24. The lowest BCUT2D eigenvalue weighted by atomic mass is 10.0. The number of amides is 1. The number of allylic oxidation sites excluding steroid dienone is 2. The number of rotatable bonds is 45. The Balaban J connectivity index is 4.54. The first-order valence-corrected chi connectivity index (χ1v) is 24.9. The molecule has 0 aliphatic carbocycles. The Morgan fingerprint density at radius 1 is 0.500 bits per heavy atom. The standard InChI is InChI=1S/C50H97NO5/c1-4-7-10-13-16-19-22-24-25-28-31-34-37-40-43-50(55)56-46(41-38-35-32-29-26-21-18-15-12-9-6-3)44-49(54)51-47(45-52)48(53)42-39-36-33-30-27-23-20-17-14-11-8-5-2/h29,32,46-48,52-53H,4-28,30-31,33-45H2,1-3H3,(H,51,54)/b32-29-. The number of unbranched alkanes of at least 4 members (excludes halogenated alkanes) is 31. The summed E-state index contributed by atoms with van der Waals surface area (Å²) in [5, 5.41) is 23.7. The van der Waals surface area contributed by atoms with Crippen LogP contribution in [-0.4, -0.2) is 46.9 Å². The van der Waals surface area contributed by atoms with E-state index in [1.54, 1.807) is 0 Å². The number of carbonyl (C=O) groups is 2. The Kier molecular flexibility index (Phi) is 43.6. The quantitative estimate of drug-likeness (QED) is 0.0324. The van der Waals surface area contributed by atoms with E-state index in [1.165, 1.54) is 173 Å². The fourth-order valence-corrected chi connectivity index (χ4v) is 7.78. The van der Waals surface area contributed by atoms with Crippen molar-refractivity contribution in [2.24, 2.45) is 0 Å². The molecule has 0 heterocycles. The summed E-state index contributed by atoms with van der Waals surface area (Å²) in [5.41, 5.74) is 0. The van der Waals surface area contributed by atoms with Crippen LogP contribution in [-0.2, 0) is 14.3 Å². The van der Waals surface area contributed by atoms with Crippen LogP contribution >= 0.6 is 0 Å². The van der Waals surface area contributed by atoms with Gasteiger partial charge in [-0.2, -0.15) is 0 Å². The topological polar surface area (TPSA) is 95.9 Å². The van der Waals surface area contributed by atoms with Gasteiger partial charge in [-0.05, 0) is 44.9 Å². The minimum atomic E-state index is -0.787. The molecule has 0 spiro atoms. The predicted octanol–water partition coefficient (Wildman–Crippen LogP) is 14.6. The molecule has 0 aromatic rings. The Bertz CT molecular complexity index is 847. The smallest absolute Gasteiger partial charge is 0.306 e. The second-order valence-electron chi connectivity index (χ2n) is 17.2. The number of nitrogens with one attached hydrogen (secondary N) is 1. The minimum Gasteiger partial charge on any atom is -0.462 e. The van der Waals surface area contributed by atoms with Gasteiger partial charge in [-0.3, -0.25) is 9.59 Å². The third kappa shape index (κ3) is 39.4. The third-order valence-electron chi connectivity index (χ3n) is 11.6. The minimum absolute atomic E-state index is 0.0633. The molecular formula is C50H97NO5. The second-order valence-corrected chi connectivity index (χ2v) is 17.2. The molecule has 3 N–H and O–H groups in total. The van der Waals surface area contributed by atoms with Gasteiger partial charge in [0.05, 0.1) is 25.2 Å². The summed E-state index contributed by atoms with van der Waals surface area (Å²) in [7, 11) is 0. The number of aliphatic hydroxyl groups is 2. The monoisotopic (exact) mass is 792 g/mol. The fraction of sp³-hybridized carbons (Fsp3) is 0.920. The summed E-state index contributed by atoms with van der Waals surface area (Å²) in [6.07, 6.45) is 48.4. The number of esters is 1. The van der Waals surface area contributed by atoms with E-state index in [4.69, 9.17) is 4.74 Å². The molecule has 6 nitrogen and oxygen atoms in total. The molecule has 0 aromatic carbocycles. The Hall–Kier alpha value is -1.40. The fourth-order valence-electron chi connectivity index (χ4n) is 7.78. The van der Waals surface area contributed by atoms with Crippen molar-refractivity contribution >= 4 is 11.9 Å². The lowest BCUT2D eigenvalue weighted by Crippen LogP contribution is -2.46. The summed E-state index contributed by atoms with van der Waals surface area (Å²) >= 11 is 0. The molecule has 1 amide bonds. The molecular weight excluding hydrogens is 695 g/mol. The molecule has 0 aromatic heterocycles. The highest BCUT2D eigenvalue weighted by atomic mass is 16.5. The van der Waals surface area contributed by atoms with Crippen molar-refractivity contribution in [3.63, 3.8) is 0 Å². The molecule has 0 aliphatic rings. The van der Waals surface area contributed by atoms with Crippen molar-refractivity contribution in [2.75, 3.05) is 6.61 Å². The van der Waals surface area contributed by atoms with E-state index in [9.17, 15) is 19.8 Å². The molecule has 332 valence electrons. The van der Waals surface area contributed by atoms with Crippen molar-refractivity contribution in [3.05, 3.63) is 12.2 Å². The lowest BCUT2D eigenvalue weighted by molar-refractivity contribution is -0.151. The summed E-state index contributed by atoms with van der Waals surface area (Å²) in [6.45, 7) is 6.47. The van der Waals surface area contributed by atoms with Crippen molar-refractivity contribution in [1.82, 2.24) is 5.32 Å². The number of carbonyl (C=O) groups excluding carboxylic acids is 2. The maximum absolute atomic E-state index is 13.1. The second kappa shape index (κ2) is 44.7. The van der Waals surface area contributed by atoms with Gasteiger partial charge in [0.2, 0.25) is 5.91 Å². The zero-order valence-corrected chi connectivity index (χ0v) is 37.8. The van der Waals surface area contributed by atoms with E-state index in [0.717, 1.165) is 51.4 Å². The van der Waals surface area contributed by atoms with Crippen molar-refractivity contribution in [2.45, 2.75) is 289 Å². The molecule has 56 heavy (non-hydrogen) atoms. The first kappa shape index (κ1) is 54.6.